The summed E-state index contributed by atoms with van der Waals surface area (Å²) < 4.78 is 16.3. The summed E-state index contributed by atoms with van der Waals surface area (Å²) in [6.45, 7) is 7.06. The Balaban J connectivity index is 0.00000256. The normalized spacial score (nSPS) is 20.7. The summed E-state index contributed by atoms with van der Waals surface area (Å²) >= 11 is 0. The van der Waals surface area contributed by atoms with Crippen molar-refractivity contribution in [1.29, 1.82) is 0 Å². The fourth-order valence-corrected chi connectivity index (χ4v) is 3.83. The summed E-state index contributed by atoms with van der Waals surface area (Å²) in [7, 11) is 0. The molecule has 4 rings (SSSR count). The van der Waals surface area contributed by atoms with Crippen LogP contribution in [0.5, 0.6) is 0 Å². The lowest BCUT2D eigenvalue weighted by atomic mass is 10.1. The number of piperazine rings is 1. The van der Waals surface area contributed by atoms with E-state index in [-0.39, 0.29) is 30.1 Å². The standard InChI is InChI=1S/C21H31N5O3.HI/c1-2-13-28-20(4-1)16-23-21(22-8-6-19-5-3-14-27-19)26-11-9-25(10-12-26)17-18-7-15-29-24-18;/h3,5,7,14-15,20H,1-2,4,6,8-13,16-17H2,(H,22,23);1H. The van der Waals surface area contributed by atoms with Crippen LogP contribution in [0.25, 0.3) is 0 Å². The van der Waals surface area contributed by atoms with Gasteiger partial charge in [0.2, 0.25) is 0 Å². The molecule has 2 fully saturated rings. The number of aromatic nitrogens is 1. The zero-order valence-electron chi connectivity index (χ0n) is 17.4. The molecule has 0 amide bonds. The highest BCUT2D eigenvalue weighted by Gasteiger charge is 2.21. The van der Waals surface area contributed by atoms with Crippen LogP contribution < -0.4 is 5.32 Å². The lowest BCUT2D eigenvalue weighted by Crippen LogP contribution is -2.52. The quantitative estimate of drug-likeness (QED) is 0.336. The molecular formula is C21H32IN5O3. The Hall–Kier alpha value is -1.59. The zero-order valence-corrected chi connectivity index (χ0v) is 19.7. The number of halogens is 1. The van der Waals surface area contributed by atoms with Gasteiger partial charge >= 0.3 is 0 Å². The molecule has 0 aromatic carbocycles. The van der Waals surface area contributed by atoms with Crippen LogP contribution >= 0.6 is 24.0 Å². The third-order valence-electron chi connectivity index (χ3n) is 5.50. The number of furan rings is 1. The van der Waals surface area contributed by atoms with Gasteiger partial charge in [-0.2, -0.15) is 0 Å². The van der Waals surface area contributed by atoms with E-state index in [0.29, 0.717) is 0 Å². The van der Waals surface area contributed by atoms with Gasteiger partial charge in [0.25, 0.3) is 0 Å². The Kier molecular flexibility index (Phi) is 9.47. The van der Waals surface area contributed by atoms with E-state index in [1.165, 1.54) is 12.8 Å². The van der Waals surface area contributed by atoms with Crippen molar-refractivity contribution < 1.29 is 13.7 Å². The van der Waals surface area contributed by atoms with Gasteiger partial charge in [-0.25, -0.2) is 0 Å². The molecule has 0 saturated carbocycles. The highest BCUT2D eigenvalue weighted by atomic mass is 127. The molecule has 8 nitrogen and oxygen atoms in total. The van der Waals surface area contributed by atoms with Crippen LogP contribution in [0.3, 0.4) is 0 Å². The average Bonchev–Trinajstić information content (AvgIpc) is 3.46. The summed E-state index contributed by atoms with van der Waals surface area (Å²) in [6, 6.07) is 5.87. The maximum Gasteiger partial charge on any atom is 0.194 e. The Labute approximate surface area is 195 Å². The molecule has 30 heavy (non-hydrogen) atoms. The summed E-state index contributed by atoms with van der Waals surface area (Å²) in [5, 5.41) is 7.56. The third-order valence-corrected chi connectivity index (χ3v) is 5.50. The largest absolute Gasteiger partial charge is 0.469 e. The van der Waals surface area contributed by atoms with Crippen LogP contribution in [0.15, 0.2) is 44.7 Å². The molecule has 9 heteroatoms. The lowest BCUT2D eigenvalue weighted by Gasteiger charge is -2.36. The summed E-state index contributed by atoms with van der Waals surface area (Å²) in [5.74, 6) is 1.97. The molecule has 4 heterocycles. The van der Waals surface area contributed by atoms with Crippen LogP contribution in [0.1, 0.15) is 30.7 Å². The van der Waals surface area contributed by atoms with Crippen molar-refractivity contribution in [2.24, 2.45) is 4.99 Å². The van der Waals surface area contributed by atoms with Gasteiger partial charge in [-0.15, -0.1) is 24.0 Å². The van der Waals surface area contributed by atoms with Crippen LogP contribution in [0.2, 0.25) is 0 Å². The number of guanidine groups is 1. The Morgan fingerprint density at radius 3 is 2.77 bits per heavy atom. The molecule has 0 radical (unpaired) electrons. The van der Waals surface area contributed by atoms with E-state index in [4.69, 9.17) is 18.7 Å². The van der Waals surface area contributed by atoms with Gasteiger partial charge < -0.3 is 23.9 Å². The Bertz CT molecular complexity index is 724. The number of ether oxygens (including phenoxy) is 1. The van der Waals surface area contributed by atoms with Crippen LogP contribution in [0.4, 0.5) is 0 Å². The first-order valence-corrected chi connectivity index (χ1v) is 10.7. The Morgan fingerprint density at radius 2 is 2.07 bits per heavy atom. The van der Waals surface area contributed by atoms with Crippen LogP contribution in [0, 0.1) is 0 Å². The molecule has 0 bridgehead atoms. The fourth-order valence-electron chi connectivity index (χ4n) is 3.83. The molecule has 2 saturated heterocycles. The first kappa shape index (κ1) is 23.1. The topological polar surface area (TPSA) is 79.3 Å². The summed E-state index contributed by atoms with van der Waals surface area (Å²) in [5.41, 5.74) is 0.985. The SMILES string of the molecule is I.c1coc(CCNC(=NCC2CCCCO2)N2CCN(Cc3ccon3)CC2)c1. The summed E-state index contributed by atoms with van der Waals surface area (Å²) in [6.07, 6.45) is 7.96. The van der Waals surface area contributed by atoms with Gasteiger partial charge in [0, 0.05) is 58.4 Å². The van der Waals surface area contributed by atoms with E-state index in [1.807, 2.05) is 18.2 Å². The lowest BCUT2D eigenvalue weighted by molar-refractivity contribution is 0.0222. The van der Waals surface area contributed by atoms with Crippen molar-refractivity contribution >= 4 is 29.9 Å². The van der Waals surface area contributed by atoms with E-state index in [9.17, 15) is 0 Å². The average molecular weight is 529 g/mol. The molecule has 166 valence electrons. The predicted octanol–water partition coefficient (Wildman–Crippen LogP) is 2.76. The summed E-state index contributed by atoms with van der Waals surface area (Å²) in [4.78, 5) is 9.67. The van der Waals surface area contributed by atoms with E-state index in [2.05, 4.69) is 20.3 Å². The van der Waals surface area contributed by atoms with Gasteiger partial charge in [-0.1, -0.05) is 5.16 Å². The van der Waals surface area contributed by atoms with Crippen LogP contribution in [-0.2, 0) is 17.7 Å². The van der Waals surface area contributed by atoms with Crippen molar-refractivity contribution in [1.82, 2.24) is 20.3 Å². The molecule has 2 aromatic rings. The number of nitrogens with zero attached hydrogens (tertiary/aromatic N) is 4. The highest BCUT2D eigenvalue weighted by Crippen LogP contribution is 2.13. The minimum atomic E-state index is 0. The second-order valence-electron chi connectivity index (χ2n) is 7.66. The molecule has 2 aliphatic heterocycles. The van der Waals surface area contributed by atoms with Crippen molar-refractivity contribution in [2.75, 3.05) is 45.9 Å². The number of rotatable bonds is 7. The van der Waals surface area contributed by atoms with E-state index < -0.39 is 0 Å². The van der Waals surface area contributed by atoms with Gasteiger partial charge in [-0.05, 0) is 31.4 Å². The molecule has 0 spiro atoms. The van der Waals surface area contributed by atoms with Crippen molar-refractivity contribution in [2.45, 2.75) is 38.3 Å². The van der Waals surface area contributed by atoms with Crippen molar-refractivity contribution in [3.8, 4) is 0 Å². The van der Waals surface area contributed by atoms with Gasteiger partial charge in [0.1, 0.15) is 12.0 Å². The fraction of sp³-hybridized carbons (Fsp3) is 0.619. The first-order chi connectivity index (χ1) is 14.4. The van der Waals surface area contributed by atoms with Gasteiger partial charge in [0.15, 0.2) is 5.96 Å². The maximum absolute atomic E-state index is 5.86. The molecule has 1 unspecified atom stereocenters. The minimum absolute atomic E-state index is 0. The van der Waals surface area contributed by atoms with Gasteiger partial charge in [-0.3, -0.25) is 9.89 Å². The minimum Gasteiger partial charge on any atom is -0.469 e. The monoisotopic (exact) mass is 529 g/mol. The van der Waals surface area contributed by atoms with E-state index in [0.717, 1.165) is 82.7 Å². The number of aliphatic imine (C=N–C) groups is 1. The molecular weight excluding hydrogens is 497 g/mol. The van der Waals surface area contributed by atoms with Gasteiger partial charge in [0.05, 0.1) is 24.6 Å². The first-order valence-electron chi connectivity index (χ1n) is 10.7. The zero-order chi connectivity index (χ0) is 19.7. The second-order valence-corrected chi connectivity index (χ2v) is 7.66. The second kappa shape index (κ2) is 12.3. The maximum atomic E-state index is 5.86. The van der Waals surface area contributed by atoms with Crippen LogP contribution in [-0.4, -0.2) is 72.9 Å². The number of hydrogen-bond acceptors (Lipinski definition) is 6. The predicted molar refractivity (Wildman–Crippen MR) is 125 cm³/mol. The number of hydrogen-bond donors (Lipinski definition) is 1. The van der Waals surface area contributed by atoms with E-state index >= 15 is 0 Å². The van der Waals surface area contributed by atoms with E-state index in [1.54, 1.807) is 12.5 Å². The molecule has 1 N–H and O–H groups in total. The smallest absolute Gasteiger partial charge is 0.194 e. The van der Waals surface area contributed by atoms with Crippen molar-refractivity contribution in [3.63, 3.8) is 0 Å². The number of nitrogens with one attached hydrogen (secondary N) is 1. The molecule has 1 atom stereocenters. The third kappa shape index (κ3) is 6.98. The Morgan fingerprint density at radius 1 is 1.17 bits per heavy atom. The van der Waals surface area contributed by atoms with Crippen molar-refractivity contribution in [3.05, 3.63) is 42.2 Å². The molecule has 0 aliphatic carbocycles. The molecule has 2 aromatic heterocycles. The highest BCUT2D eigenvalue weighted by molar-refractivity contribution is 14.0. The molecule has 2 aliphatic rings.